The van der Waals surface area contributed by atoms with E-state index in [9.17, 15) is 9.59 Å². The molecule has 3 aromatic rings. The van der Waals surface area contributed by atoms with Crippen molar-refractivity contribution in [3.63, 3.8) is 0 Å². The molecule has 0 saturated carbocycles. The topological polar surface area (TPSA) is 84.2 Å². The number of anilines is 1. The van der Waals surface area contributed by atoms with Crippen LogP contribution in [0.3, 0.4) is 0 Å². The quantitative estimate of drug-likeness (QED) is 0.709. The van der Waals surface area contributed by atoms with Gasteiger partial charge in [-0.3, -0.25) is 9.78 Å². The van der Waals surface area contributed by atoms with E-state index < -0.39 is 11.5 Å². The number of rotatable bonds is 3. The number of benzene rings is 1. The van der Waals surface area contributed by atoms with Gasteiger partial charge in [0.2, 0.25) is 0 Å². The van der Waals surface area contributed by atoms with Gasteiger partial charge < -0.3 is 15.1 Å². The van der Waals surface area contributed by atoms with E-state index >= 15 is 0 Å². The molecule has 29 heavy (non-hydrogen) atoms. The molecule has 1 atom stereocenters. The van der Waals surface area contributed by atoms with Gasteiger partial charge in [-0.2, -0.15) is 0 Å². The molecule has 2 N–H and O–H groups in total. The maximum Gasteiger partial charge on any atom is 0.349 e. The van der Waals surface area contributed by atoms with Gasteiger partial charge in [-0.25, -0.2) is 4.79 Å². The van der Waals surface area contributed by atoms with Gasteiger partial charge in [0.05, 0.1) is 11.2 Å². The lowest BCUT2D eigenvalue weighted by molar-refractivity contribution is 0.102. The van der Waals surface area contributed by atoms with E-state index in [1.807, 2.05) is 44.2 Å². The van der Waals surface area contributed by atoms with Crippen LogP contribution in [0.1, 0.15) is 51.7 Å². The number of piperidine rings is 1. The Kier molecular flexibility index (Phi) is 5.20. The highest BCUT2D eigenvalue weighted by Crippen LogP contribution is 2.28. The van der Waals surface area contributed by atoms with E-state index in [0.29, 0.717) is 17.0 Å². The van der Waals surface area contributed by atoms with Crippen LogP contribution in [0.25, 0.3) is 10.9 Å². The molecule has 1 aromatic carbocycles. The molecule has 6 nitrogen and oxygen atoms in total. The van der Waals surface area contributed by atoms with Crippen LogP contribution >= 0.6 is 0 Å². The molecule has 1 saturated heterocycles. The van der Waals surface area contributed by atoms with Crippen LogP contribution in [0.2, 0.25) is 0 Å². The van der Waals surface area contributed by atoms with Gasteiger partial charge >= 0.3 is 5.63 Å². The smallest absolute Gasteiger partial charge is 0.349 e. The standard InChI is InChI=1S/C23H25N3O3/c1-13-6-9-18-17(8-7-15(3)25-18)21(13)26-22(27)20-14(2)11-19(29-23(20)28)16-5-4-10-24-12-16/h6-9,11,16,24H,4-5,10,12H2,1-3H3,(H,26,27). The second-order valence-electron chi connectivity index (χ2n) is 7.77. The number of carbonyl (C=O) groups is 1. The molecule has 1 unspecified atom stereocenters. The second kappa shape index (κ2) is 7.79. The summed E-state index contributed by atoms with van der Waals surface area (Å²) in [4.78, 5) is 30.2. The zero-order chi connectivity index (χ0) is 20.5. The predicted molar refractivity (Wildman–Crippen MR) is 114 cm³/mol. The molecule has 3 heterocycles. The summed E-state index contributed by atoms with van der Waals surface area (Å²) in [7, 11) is 0. The Bertz CT molecular complexity index is 1140. The zero-order valence-corrected chi connectivity index (χ0v) is 17.0. The molecule has 0 bridgehead atoms. The van der Waals surface area contributed by atoms with Crippen molar-refractivity contribution in [1.29, 1.82) is 0 Å². The molecule has 2 aromatic heterocycles. The van der Waals surface area contributed by atoms with Gasteiger partial charge in [-0.05, 0) is 75.5 Å². The van der Waals surface area contributed by atoms with Gasteiger partial charge in [-0.1, -0.05) is 6.07 Å². The predicted octanol–water partition coefficient (Wildman–Crippen LogP) is 3.83. The van der Waals surface area contributed by atoms with Crippen molar-refractivity contribution in [2.45, 2.75) is 39.5 Å². The van der Waals surface area contributed by atoms with Crippen LogP contribution in [-0.4, -0.2) is 24.0 Å². The van der Waals surface area contributed by atoms with Gasteiger partial charge in [0.1, 0.15) is 11.3 Å². The van der Waals surface area contributed by atoms with Crippen LogP contribution in [0, 0.1) is 20.8 Å². The molecular formula is C23H25N3O3. The zero-order valence-electron chi connectivity index (χ0n) is 17.0. The molecular weight excluding hydrogens is 366 g/mol. The van der Waals surface area contributed by atoms with Crippen LogP contribution in [-0.2, 0) is 0 Å². The van der Waals surface area contributed by atoms with Crippen molar-refractivity contribution in [1.82, 2.24) is 10.3 Å². The number of nitrogens with one attached hydrogen (secondary N) is 2. The lowest BCUT2D eigenvalue weighted by atomic mass is 9.95. The summed E-state index contributed by atoms with van der Waals surface area (Å²) in [5, 5.41) is 7.08. The van der Waals surface area contributed by atoms with Crippen LogP contribution in [0.5, 0.6) is 0 Å². The van der Waals surface area contributed by atoms with E-state index in [2.05, 4.69) is 15.6 Å². The summed E-state index contributed by atoms with van der Waals surface area (Å²) >= 11 is 0. The Hall–Kier alpha value is -2.99. The molecule has 1 fully saturated rings. The molecule has 0 spiro atoms. The van der Waals surface area contributed by atoms with Gasteiger partial charge in [0.15, 0.2) is 0 Å². The highest BCUT2D eigenvalue weighted by atomic mass is 16.4. The number of hydrogen-bond acceptors (Lipinski definition) is 5. The van der Waals surface area contributed by atoms with Gasteiger partial charge in [0.25, 0.3) is 5.91 Å². The number of amides is 1. The average molecular weight is 391 g/mol. The van der Waals surface area contributed by atoms with Crippen molar-refractivity contribution < 1.29 is 9.21 Å². The fourth-order valence-electron chi connectivity index (χ4n) is 3.96. The third kappa shape index (κ3) is 3.80. The summed E-state index contributed by atoms with van der Waals surface area (Å²) in [5.74, 6) is 0.361. The third-order valence-electron chi connectivity index (χ3n) is 5.55. The number of pyridine rings is 1. The molecule has 1 aliphatic heterocycles. The minimum Gasteiger partial charge on any atom is -0.427 e. The second-order valence-corrected chi connectivity index (χ2v) is 7.77. The van der Waals surface area contributed by atoms with E-state index in [-0.39, 0.29) is 11.5 Å². The molecule has 1 aliphatic rings. The average Bonchev–Trinajstić information content (AvgIpc) is 2.70. The van der Waals surface area contributed by atoms with Crippen molar-refractivity contribution >= 4 is 22.5 Å². The Morgan fingerprint density at radius 3 is 2.72 bits per heavy atom. The lowest BCUT2D eigenvalue weighted by Crippen LogP contribution is -2.30. The van der Waals surface area contributed by atoms with Crippen molar-refractivity contribution in [2.75, 3.05) is 18.4 Å². The molecule has 0 radical (unpaired) electrons. The van der Waals surface area contributed by atoms with E-state index in [0.717, 1.165) is 48.1 Å². The fraction of sp³-hybridized carbons (Fsp3) is 0.348. The fourth-order valence-corrected chi connectivity index (χ4v) is 3.96. The highest BCUT2D eigenvalue weighted by molar-refractivity contribution is 6.09. The first-order chi connectivity index (χ1) is 13.9. The summed E-state index contributed by atoms with van der Waals surface area (Å²) < 4.78 is 5.55. The lowest BCUT2D eigenvalue weighted by Gasteiger charge is -2.22. The van der Waals surface area contributed by atoms with E-state index in [1.54, 1.807) is 6.92 Å². The molecule has 6 heteroatoms. The molecule has 4 rings (SSSR count). The first kappa shape index (κ1) is 19.3. The van der Waals surface area contributed by atoms with Crippen molar-refractivity contribution in [3.8, 4) is 0 Å². The number of aromatic nitrogens is 1. The van der Waals surface area contributed by atoms with E-state index in [1.165, 1.54) is 0 Å². The largest absolute Gasteiger partial charge is 0.427 e. The number of hydrogen-bond donors (Lipinski definition) is 2. The summed E-state index contributed by atoms with van der Waals surface area (Å²) in [6.07, 6.45) is 2.02. The summed E-state index contributed by atoms with van der Waals surface area (Å²) in [6, 6.07) is 9.52. The van der Waals surface area contributed by atoms with Crippen LogP contribution < -0.4 is 16.3 Å². The number of fused-ring (bicyclic) bond motifs is 1. The first-order valence-electron chi connectivity index (χ1n) is 9.97. The maximum absolute atomic E-state index is 13.0. The first-order valence-corrected chi connectivity index (χ1v) is 9.97. The molecule has 0 aliphatic carbocycles. The van der Waals surface area contributed by atoms with Crippen molar-refractivity contribution in [3.05, 3.63) is 68.9 Å². The normalized spacial score (nSPS) is 16.7. The summed E-state index contributed by atoms with van der Waals surface area (Å²) in [6.45, 7) is 7.40. The van der Waals surface area contributed by atoms with E-state index in [4.69, 9.17) is 4.42 Å². The molecule has 1 amide bonds. The number of aryl methyl sites for hydroxylation is 3. The number of carbonyl (C=O) groups excluding carboxylic acids is 1. The minimum atomic E-state index is -0.588. The van der Waals surface area contributed by atoms with Crippen molar-refractivity contribution in [2.24, 2.45) is 0 Å². The Labute approximate surface area is 169 Å². The number of nitrogens with zero attached hydrogens (tertiary/aromatic N) is 1. The minimum absolute atomic E-state index is 0.0500. The van der Waals surface area contributed by atoms with Crippen LogP contribution in [0.15, 0.2) is 39.5 Å². The van der Waals surface area contributed by atoms with Gasteiger partial charge in [0, 0.05) is 23.5 Å². The summed E-state index contributed by atoms with van der Waals surface area (Å²) in [5.41, 5.74) is 3.37. The maximum atomic E-state index is 13.0. The third-order valence-corrected chi connectivity index (χ3v) is 5.55. The Morgan fingerprint density at radius 2 is 2.00 bits per heavy atom. The Balaban J connectivity index is 1.68. The van der Waals surface area contributed by atoms with Crippen LogP contribution in [0.4, 0.5) is 5.69 Å². The SMILES string of the molecule is Cc1ccc2c(NC(=O)c3c(C)cc(C4CCCNC4)oc3=O)c(C)ccc2n1. The Morgan fingerprint density at radius 1 is 1.17 bits per heavy atom. The molecule has 150 valence electrons. The monoisotopic (exact) mass is 391 g/mol. The van der Waals surface area contributed by atoms with Gasteiger partial charge in [-0.15, -0.1) is 0 Å². The highest BCUT2D eigenvalue weighted by Gasteiger charge is 2.23.